The molecule has 1 saturated heterocycles. The van der Waals surface area contributed by atoms with Crippen LogP contribution < -0.4 is 5.32 Å². The van der Waals surface area contributed by atoms with Crippen LogP contribution in [0.3, 0.4) is 0 Å². The Morgan fingerprint density at radius 1 is 1.58 bits per heavy atom. The maximum absolute atomic E-state index is 5.93. The van der Waals surface area contributed by atoms with Crippen LogP contribution in [-0.2, 0) is 0 Å². The Kier molecular flexibility index (Phi) is 3.32. The highest BCUT2D eigenvalue weighted by molar-refractivity contribution is 6.31. The Labute approximate surface area is 82.7 Å². The molecule has 66 valence electrons. The van der Waals surface area contributed by atoms with Crippen LogP contribution in [0, 0.1) is 0 Å². The van der Waals surface area contributed by atoms with Crippen molar-refractivity contribution in [1.29, 1.82) is 0 Å². The van der Waals surface area contributed by atoms with Gasteiger partial charge in [0.25, 0.3) is 0 Å². The Balaban J connectivity index is 0.000000720. The predicted octanol–water partition coefficient (Wildman–Crippen LogP) is 2.19. The van der Waals surface area contributed by atoms with E-state index < -0.39 is 0 Å². The molecule has 1 aliphatic rings. The number of pyridine rings is 1. The zero-order chi connectivity index (χ0) is 7.68. The molecule has 1 aliphatic heterocycles. The molecule has 0 aromatic carbocycles. The van der Waals surface area contributed by atoms with Crippen molar-refractivity contribution in [3.8, 4) is 0 Å². The van der Waals surface area contributed by atoms with E-state index in [1.54, 1.807) is 12.4 Å². The first-order valence-corrected chi connectivity index (χ1v) is 4.08. The molecule has 4 heteroatoms. The first-order valence-electron chi connectivity index (χ1n) is 3.71. The standard InChI is InChI=1S/C8H9ClN2.ClH/c9-7-5-10-3-1-6(7)8-2-4-11-8;/h1,3,5,8,11H,2,4H2;1H/t8-;/m0./s1. The third-order valence-corrected chi connectivity index (χ3v) is 2.32. The fourth-order valence-corrected chi connectivity index (χ4v) is 1.47. The van der Waals surface area contributed by atoms with Gasteiger partial charge in [-0.2, -0.15) is 0 Å². The molecule has 0 saturated carbocycles. The molecule has 0 radical (unpaired) electrons. The summed E-state index contributed by atoms with van der Waals surface area (Å²) in [6.07, 6.45) is 4.65. The van der Waals surface area contributed by atoms with Gasteiger partial charge in [-0.25, -0.2) is 0 Å². The number of hydrogen-bond donors (Lipinski definition) is 1. The van der Waals surface area contributed by atoms with E-state index in [1.807, 2.05) is 6.07 Å². The van der Waals surface area contributed by atoms with E-state index in [4.69, 9.17) is 11.6 Å². The normalized spacial score (nSPS) is 20.9. The smallest absolute Gasteiger partial charge is 0.0637 e. The van der Waals surface area contributed by atoms with Crippen molar-refractivity contribution >= 4 is 24.0 Å². The van der Waals surface area contributed by atoms with Crippen molar-refractivity contribution in [2.24, 2.45) is 0 Å². The van der Waals surface area contributed by atoms with Crippen molar-refractivity contribution in [3.05, 3.63) is 29.0 Å². The number of nitrogens with one attached hydrogen (secondary N) is 1. The van der Waals surface area contributed by atoms with E-state index in [-0.39, 0.29) is 12.4 Å². The van der Waals surface area contributed by atoms with Gasteiger partial charge in [-0.15, -0.1) is 12.4 Å². The minimum absolute atomic E-state index is 0. The van der Waals surface area contributed by atoms with Gasteiger partial charge in [0.15, 0.2) is 0 Å². The molecule has 0 bridgehead atoms. The molecule has 0 spiro atoms. The summed E-state index contributed by atoms with van der Waals surface area (Å²) in [5.41, 5.74) is 1.17. The molecule has 1 N–H and O–H groups in total. The Morgan fingerprint density at radius 2 is 2.33 bits per heavy atom. The maximum Gasteiger partial charge on any atom is 0.0637 e. The average Bonchev–Trinajstić information content (AvgIpc) is 1.90. The van der Waals surface area contributed by atoms with Gasteiger partial charge in [-0.05, 0) is 24.6 Å². The SMILES string of the molecule is Cl.Clc1cnccc1[C@@H]1CCN1. The molecule has 12 heavy (non-hydrogen) atoms. The second kappa shape index (κ2) is 4.08. The van der Waals surface area contributed by atoms with E-state index in [9.17, 15) is 0 Å². The quantitative estimate of drug-likeness (QED) is 0.760. The van der Waals surface area contributed by atoms with E-state index in [0.29, 0.717) is 6.04 Å². The highest BCUT2D eigenvalue weighted by Crippen LogP contribution is 2.27. The van der Waals surface area contributed by atoms with Gasteiger partial charge in [-0.1, -0.05) is 11.6 Å². The maximum atomic E-state index is 5.93. The summed E-state index contributed by atoms with van der Waals surface area (Å²) in [4.78, 5) is 3.93. The largest absolute Gasteiger partial charge is 0.310 e. The highest BCUT2D eigenvalue weighted by Gasteiger charge is 2.20. The Bertz CT molecular complexity index is 261. The predicted molar refractivity (Wildman–Crippen MR) is 51.9 cm³/mol. The zero-order valence-corrected chi connectivity index (χ0v) is 8.03. The van der Waals surface area contributed by atoms with E-state index in [1.165, 1.54) is 12.0 Å². The van der Waals surface area contributed by atoms with E-state index >= 15 is 0 Å². The number of nitrogens with zero attached hydrogens (tertiary/aromatic N) is 1. The van der Waals surface area contributed by atoms with Crippen molar-refractivity contribution < 1.29 is 0 Å². The average molecular weight is 205 g/mol. The number of rotatable bonds is 1. The molecule has 1 atom stereocenters. The number of hydrogen-bond acceptors (Lipinski definition) is 2. The molecule has 2 heterocycles. The summed E-state index contributed by atoms with van der Waals surface area (Å²) in [6, 6.07) is 2.43. The first-order chi connectivity index (χ1) is 5.38. The summed E-state index contributed by atoms with van der Waals surface area (Å²) in [5, 5.41) is 4.06. The Hall–Kier alpha value is -0.310. The fourth-order valence-electron chi connectivity index (χ4n) is 1.22. The molecule has 1 fully saturated rings. The molecule has 0 amide bonds. The number of halogens is 2. The van der Waals surface area contributed by atoms with E-state index in [2.05, 4.69) is 10.3 Å². The lowest BCUT2D eigenvalue weighted by molar-refractivity contribution is 0.383. The van der Waals surface area contributed by atoms with Crippen LogP contribution in [0.4, 0.5) is 0 Å². The van der Waals surface area contributed by atoms with Crippen LogP contribution in [0.25, 0.3) is 0 Å². The highest BCUT2D eigenvalue weighted by atomic mass is 35.5. The van der Waals surface area contributed by atoms with Crippen LogP contribution in [0.1, 0.15) is 18.0 Å². The summed E-state index contributed by atoms with van der Waals surface area (Å²) < 4.78 is 0. The third-order valence-electron chi connectivity index (χ3n) is 2.00. The van der Waals surface area contributed by atoms with Crippen LogP contribution in [-0.4, -0.2) is 11.5 Å². The van der Waals surface area contributed by atoms with Gasteiger partial charge < -0.3 is 5.32 Å². The lowest BCUT2D eigenvalue weighted by Gasteiger charge is -2.28. The topological polar surface area (TPSA) is 24.9 Å². The molecular weight excluding hydrogens is 195 g/mol. The van der Waals surface area contributed by atoms with Crippen molar-refractivity contribution in [2.45, 2.75) is 12.5 Å². The molecule has 2 rings (SSSR count). The summed E-state index contributed by atoms with van der Waals surface area (Å²) in [7, 11) is 0. The van der Waals surface area contributed by atoms with Gasteiger partial charge in [0.05, 0.1) is 5.02 Å². The molecule has 0 aliphatic carbocycles. The second-order valence-corrected chi connectivity index (χ2v) is 3.10. The van der Waals surface area contributed by atoms with Gasteiger partial charge in [0.2, 0.25) is 0 Å². The Morgan fingerprint density at radius 3 is 2.83 bits per heavy atom. The molecule has 2 nitrogen and oxygen atoms in total. The van der Waals surface area contributed by atoms with Crippen LogP contribution in [0.5, 0.6) is 0 Å². The van der Waals surface area contributed by atoms with E-state index in [0.717, 1.165) is 11.6 Å². The van der Waals surface area contributed by atoms with Gasteiger partial charge in [0.1, 0.15) is 0 Å². The summed E-state index contributed by atoms with van der Waals surface area (Å²) >= 11 is 5.93. The lowest BCUT2D eigenvalue weighted by atomic mass is 9.99. The number of aromatic nitrogens is 1. The van der Waals surface area contributed by atoms with Crippen molar-refractivity contribution in [1.82, 2.24) is 10.3 Å². The van der Waals surface area contributed by atoms with Crippen LogP contribution in [0.2, 0.25) is 5.02 Å². The van der Waals surface area contributed by atoms with Crippen molar-refractivity contribution in [2.75, 3.05) is 6.54 Å². The summed E-state index contributed by atoms with van der Waals surface area (Å²) in [6.45, 7) is 1.10. The molecular formula is C8H10Cl2N2. The third kappa shape index (κ3) is 1.71. The molecule has 0 unspecified atom stereocenters. The molecule has 1 aromatic heterocycles. The van der Waals surface area contributed by atoms with Gasteiger partial charge >= 0.3 is 0 Å². The fraction of sp³-hybridized carbons (Fsp3) is 0.375. The second-order valence-electron chi connectivity index (χ2n) is 2.69. The monoisotopic (exact) mass is 204 g/mol. The summed E-state index contributed by atoms with van der Waals surface area (Å²) in [5.74, 6) is 0. The van der Waals surface area contributed by atoms with Crippen LogP contribution >= 0.6 is 24.0 Å². The zero-order valence-electron chi connectivity index (χ0n) is 6.46. The van der Waals surface area contributed by atoms with Gasteiger partial charge in [-0.3, -0.25) is 4.98 Å². The lowest BCUT2D eigenvalue weighted by Crippen LogP contribution is -2.35. The minimum atomic E-state index is 0. The minimum Gasteiger partial charge on any atom is -0.310 e. The van der Waals surface area contributed by atoms with Gasteiger partial charge in [0, 0.05) is 18.4 Å². The van der Waals surface area contributed by atoms with Crippen LogP contribution in [0.15, 0.2) is 18.5 Å². The first kappa shape index (κ1) is 9.78. The van der Waals surface area contributed by atoms with Crippen molar-refractivity contribution in [3.63, 3.8) is 0 Å². The molecule has 1 aromatic rings.